The van der Waals surface area contributed by atoms with Crippen LogP contribution in [0.3, 0.4) is 0 Å². The van der Waals surface area contributed by atoms with Gasteiger partial charge in [-0.2, -0.15) is 0 Å². The van der Waals surface area contributed by atoms with Gasteiger partial charge in [-0.3, -0.25) is 4.79 Å². The molecule has 0 aromatic heterocycles. The molecule has 0 unspecified atom stereocenters. The quantitative estimate of drug-likeness (QED) is 0.110. The van der Waals surface area contributed by atoms with Crippen LogP contribution in [0.4, 0.5) is 0 Å². The molecule has 2 nitrogen and oxygen atoms in total. The third kappa shape index (κ3) is 24.4. The molecule has 2 heteroatoms. The summed E-state index contributed by atoms with van der Waals surface area (Å²) in [6.45, 7) is 8.57. The van der Waals surface area contributed by atoms with Crippen LogP contribution < -0.4 is 0 Å². The first-order valence-electron chi connectivity index (χ1n) is 15.5. The van der Waals surface area contributed by atoms with E-state index in [0.29, 0.717) is 12.3 Å². The monoisotopic (exact) mass is 465 g/mol. The normalized spacial score (nSPS) is 11.2. The van der Waals surface area contributed by atoms with Crippen molar-refractivity contribution in [3.05, 3.63) is 0 Å². The van der Waals surface area contributed by atoms with E-state index < -0.39 is 0 Å². The Morgan fingerprint density at radius 3 is 0.879 bits per heavy atom. The van der Waals surface area contributed by atoms with Gasteiger partial charge in [-0.1, -0.05) is 162 Å². The van der Waals surface area contributed by atoms with Crippen molar-refractivity contribution in [2.75, 3.05) is 13.1 Å². The van der Waals surface area contributed by atoms with Gasteiger partial charge in [-0.25, -0.2) is 0 Å². The third-order valence-electron chi connectivity index (χ3n) is 7.22. The molecule has 0 spiro atoms. The Bertz CT molecular complexity index is 353. The van der Waals surface area contributed by atoms with Crippen molar-refractivity contribution in [2.45, 2.75) is 181 Å². The SMILES string of the molecule is CCCCCCCCCCCCCCN(CCCCCCCCCCCCCC)C(=O)CC. The molecule has 0 radical (unpaired) electrons. The Morgan fingerprint density at radius 1 is 0.394 bits per heavy atom. The van der Waals surface area contributed by atoms with E-state index in [1.807, 2.05) is 6.92 Å². The molecule has 198 valence electrons. The van der Waals surface area contributed by atoms with Gasteiger partial charge < -0.3 is 4.90 Å². The van der Waals surface area contributed by atoms with E-state index >= 15 is 0 Å². The van der Waals surface area contributed by atoms with Crippen LogP contribution in [0.25, 0.3) is 0 Å². The van der Waals surface area contributed by atoms with Crippen LogP contribution in [0.1, 0.15) is 181 Å². The maximum atomic E-state index is 12.3. The van der Waals surface area contributed by atoms with Crippen molar-refractivity contribution in [2.24, 2.45) is 0 Å². The summed E-state index contributed by atoms with van der Waals surface area (Å²) in [5.74, 6) is 0.362. The summed E-state index contributed by atoms with van der Waals surface area (Å²) in [6.07, 6.45) is 33.8. The van der Waals surface area contributed by atoms with Crippen molar-refractivity contribution in [3.63, 3.8) is 0 Å². The molecule has 0 aliphatic rings. The molecule has 0 fully saturated rings. The maximum Gasteiger partial charge on any atom is 0.222 e. The molecule has 0 heterocycles. The topological polar surface area (TPSA) is 20.3 Å². The molecular weight excluding hydrogens is 402 g/mol. The zero-order valence-electron chi connectivity index (χ0n) is 23.4. The van der Waals surface area contributed by atoms with Crippen molar-refractivity contribution in [3.8, 4) is 0 Å². The Hall–Kier alpha value is -0.530. The van der Waals surface area contributed by atoms with Gasteiger partial charge in [0.25, 0.3) is 0 Å². The van der Waals surface area contributed by atoms with Crippen molar-refractivity contribution in [1.29, 1.82) is 0 Å². The fraction of sp³-hybridized carbons (Fsp3) is 0.968. The lowest BCUT2D eigenvalue weighted by atomic mass is 10.0. The van der Waals surface area contributed by atoms with Crippen LogP contribution in [0, 0.1) is 0 Å². The minimum Gasteiger partial charge on any atom is -0.343 e. The summed E-state index contributed by atoms with van der Waals surface area (Å²) < 4.78 is 0. The second-order valence-corrected chi connectivity index (χ2v) is 10.5. The van der Waals surface area contributed by atoms with Crippen LogP contribution >= 0.6 is 0 Å². The number of rotatable bonds is 27. The first kappa shape index (κ1) is 32.5. The van der Waals surface area contributed by atoms with E-state index in [0.717, 1.165) is 13.1 Å². The number of carbonyl (C=O) groups is 1. The predicted octanol–water partition coefficient (Wildman–Crippen LogP) is 10.6. The lowest BCUT2D eigenvalue weighted by Crippen LogP contribution is -2.32. The smallest absolute Gasteiger partial charge is 0.222 e. The standard InChI is InChI=1S/C31H63NO/c1-4-7-9-11-13-15-17-19-21-23-25-27-29-32(31(33)6-3)30-28-26-24-22-20-18-16-14-12-10-8-5-2/h4-30H2,1-3H3. The summed E-state index contributed by atoms with van der Waals surface area (Å²) >= 11 is 0. The number of nitrogens with zero attached hydrogens (tertiary/aromatic N) is 1. The Morgan fingerprint density at radius 2 is 0.636 bits per heavy atom. The molecule has 1 amide bonds. The van der Waals surface area contributed by atoms with Gasteiger partial charge in [-0.05, 0) is 12.8 Å². The van der Waals surface area contributed by atoms with Gasteiger partial charge in [-0.15, -0.1) is 0 Å². The summed E-state index contributed by atoms with van der Waals surface area (Å²) in [4.78, 5) is 14.5. The zero-order chi connectivity index (χ0) is 24.2. The van der Waals surface area contributed by atoms with Gasteiger partial charge in [0, 0.05) is 19.5 Å². The molecule has 33 heavy (non-hydrogen) atoms. The summed E-state index contributed by atoms with van der Waals surface area (Å²) in [6, 6.07) is 0. The van der Waals surface area contributed by atoms with Crippen molar-refractivity contribution < 1.29 is 4.79 Å². The van der Waals surface area contributed by atoms with E-state index in [1.165, 1.54) is 154 Å². The van der Waals surface area contributed by atoms with Gasteiger partial charge in [0.05, 0.1) is 0 Å². The number of hydrogen-bond donors (Lipinski definition) is 0. The van der Waals surface area contributed by atoms with E-state index in [-0.39, 0.29) is 0 Å². The molecule has 0 atom stereocenters. The molecule has 0 aromatic rings. The first-order valence-corrected chi connectivity index (χ1v) is 15.5. The average molecular weight is 466 g/mol. The minimum absolute atomic E-state index is 0.362. The van der Waals surface area contributed by atoms with Crippen LogP contribution in [0.5, 0.6) is 0 Å². The molecule has 0 saturated carbocycles. The van der Waals surface area contributed by atoms with Gasteiger partial charge >= 0.3 is 0 Å². The highest BCUT2D eigenvalue weighted by molar-refractivity contribution is 5.75. The van der Waals surface area contributed by atoms with E-state index in [2.05, 4.69) is 18.7 Å². The van der Waals surface area contributed by atoms with Crippen molar-refractivity contribution in [1.82, 2.24) is 4.90 Å². The zero-order valence-corrected chi connectivity index (χ0v) is 23.4. The summed E-state index contributed by atoms with van der Waals surface area (Å²) in [5, 5.41) is 0. The number of unbranched alkanes of at least 4 members (excludes halogenated alkanes) is 22. The lowest BCUT2D eigenvalue weighted by molar-refractivity contribution is -0.131. The van der Waals surface area contributed by atoms with Crippen LogP contribution in [-0.4, -0.2) is 23.9 Å². The fourth-order valence-electron chi connectivity index (χ4n) is 4.87. The van der Waals surface area contributed by atoms with E-state index in [4.69, 9.17) is 0 Å². The maximum absolute atomic E-state index is 12.3. The Labute approximate surface area is 210 Å². The van der Waals surface area contributed by atoms with Crippen molar-refractivity contribution >= 4 is 5.91 Å². The minimum atomic E-state index is 0.362. The van der Waals surface area contributed by atoms with E-state index in [1.54, 1.807) is 0 Å². The molecular formula is C31H63NO. The van der Waals surface area contributed by atoms with Crippen LogP contribution in [0.15, 0.2) is 0 Å². The van der Waals surface area contributed by atoms with Gasteiger partial charge in [0.15, 0.2) is 0 Å². The molecule has 0 aliphatic carbocycles. The average Bonchev–Trinajstić information content (AvgIpc) is 2.83. The highest BCUT2D eigenvalue weighted by Gasteiger charge is 2.10. The number of amides is 1. The molecule has 0 N–H and O–H groups in total. The molecule has 0 aromatic carbocycles. The predicted molar refractivity (Wildman–Crippen MR) is 149 cm³/mol. The highest BCUT2D eigenvalue weighted by atomic mass is 16.2. The highest BCUT2D eigenvalue weighted by Crippen LogP contribution is 2.14. The third-order valence-corrected chi connectivity index (χ3v) is 7.22. The lowest BCUT2D eigenvalue weighted by Gasteiger charge is -2.22. The second kappa shape index (κ2) is 27.7. The largest absolute Gasteiger partial charge is 0.343 e. The number of carbonyl (C=O) groups excluding carboxylic acids is 1. The molecule has 0 rings (SSSR count). The van der Waals surface area contributed by atoms with Crippen LogP contribution in [-0.2, 0) is 4.79 Å². The van der Waals surface area contributed by atoms with E-state index in [9.17, 15) is 4.79 Å². The van der Waals surface area contributed by atoms with Crippen LogP contribution in [0.2, 0.25) is 0 Å². The molecule has 0 saturated heterocycles. The Balaban J connectivity index is 3.54. The molecule has 0 bridgehead atoms. The fourth-order valence-corrected chi connectivity index (χ4v) is 4.87. The van der Waals surface area contributed by atoms with Gasteiger partial charge in [0.2, 0.25) is 5.91 Å². The molecule has 0 aliphatic heterocycles. The summed E-state index contributed by atoms with van der Waals surface area (Å²) in [7, 11) is 0. The number of hydrogen-bond acceptors (Lipinski definition) is 1. The Kier molecular flexibility index (Phi) is 27.3. The van der Waals surface area contributed by atoms with Gasteiger partial charge in [0.1, 0.15) is 0 Å². The summed E-state index contributed by atoms with van der Waals surface area (Å²) in [5.41, 5.74) is 0. The second-order valence-electron chi connectivity index (χ2n) is 10.5. The first-order chi connectivity index (χ1) is 16.3.